The van der Waals surface area contributed by atoms with Gasteiger partial charge in [0.15, 0.2) is 0 Å². The minimum absolute atomic E-state index is 0.0106. The van der Waals surface area contributed by atoms with Crippen LogP contribution in [-0.2, 0) is 27.9 Å². The van der Waals surface area contributed by atoms with Crippen molar-refractivity contribution in [1.82, 2.24) is 19.4 Å². The van der Waals surface area contributed by atoms with E-state index in [0.717, 1.165) is 50.6 Å². The highest BCUT2D eigenvalue weighted by molar-refractivity contribution is 5.73. The lowest BCUT2D eigenvalue weighted by atomic mass is 9.88. The van der Waals surface area contributed by atoms with Gasteiger partial charge in [-0.25, -0.2) is 14.6 Å². The minimum atomic E-state index is -5.08. The fourth-order valence-corrected chi connectivity index (χ4v) is 3.98. The van der Waals surface area contributed by atoms with E-state index in [4.69, 9.17) is 24.5 Å². The van der Waals surface area contributed by atoms with Crippen LogP contribution < -0.4 is 5.32 Å². The Labute approximate surface area is 213 Å². The maximum atomic E-state index is 10.6. The Bertz CT molecular complexity index is 1030. The quantitative estimate of drug-likeness (QED) is 0.487. The molecule has 0 amide bonds. The average Bonchev–Trinajstić information content (AvgIpc) is 3.39. The van der Waals surface area contributed by atoms with E-state index in [1.165, 1.54) is 6.42 Å². The number of anilines is 1. The summed E-state index contributed by atoms with van der Waals surface area (Å²) in [6, 6.07) is 4.39. The van der Waals surface area contributed by atoms with Crippen LogP contribution in [0.4, 0.5) is 32.0 Å². The van der Waals surface area contributed by atoms with Crippen LogP contribution in [0.3, 0.4) is 0 Å². The lowest BCUT2D eigenvalue weighted by Gasteiger charge is -2.39. The molecule has 4 rings (SSSR count). The number of imidazole rings is 1. The highest BCUT2D eigenvalue weighted by Gasteiger charge is 2.43. The molecule has 1 spiro atoms. The first-order chi connectivity index (χ1) is 17.6. The molecule has 2 unspecified atom stereocenters. The summed E-state index contributed by atoms with van der Waals surface area (Å²) in [6.07, 6.45) is 0.774. The van der Waals surface area contributed by atoms with Gasteiger partial charge in [0.05, 0.1) is 30.5 Å². The first kappa shape index (κ1) is 30.8. The van der Waals surface area contributed by atoms with Gasteiger partial charge < -0.3 is 24.8 Å². The zero-order valence-electron chi connectivity index (χ0n) is 20.2. The molecular formula is C22H27F6N5O5. The van der Waals surface area contributed by atoms with E-state index in [9.17, 15) is 26.3 Å². The van der Waals surface area contributed by atoms with E-state index in [-0.39, 0.29) is 5.60 Å². The van der Waals surface area contributed by atoms with E-state index < -0.39 is 24.3 Å². The van der Waals surface area contributed by atoms with Gasteiger partial charge in [0.1, 0.15) is 5.82 Å². The second kappa shape index (κ2) is 12.9. The Balaban J connectivity index is 0.000000301. The van der Waals surface area contributed by atoms with Crippen LogP contribution in [0, 0.1) is 0 Å². The molecule has 2 fully saturated rings. The van der Waals surface area contributed by atoms with Crippen molar-refractivity contribution < 1.29 is 50.9 Å². The van der Waals surface area contributed by atoms with Crippen LogP contribution in [0.1, 0.15) is 25.1 Å². The van der Waals surface area contributed by atoms with Gasteiger partial charge in [0.2, 0.25) is 0 Å². The average molecular weight is 555 g/mol. The predicted octanol–water partition coefficient (Wildman–Crippen LogP) is 3.32. The number of ether oxygens (including phenoxy) is 1. The third kappa shape index (κ3) is 9.81. The number of nitrogens with zero attached hydrogens (tertiary/aromatic N) is 4. The highest BCUT2D eigenvalue weighted by atomic mass is 19.4. The van der Waals surface area contributed by atoms with E-state index in [1.54, 1.807) is 6.20 Å². The summed E-state index contributed by atoms with van der Waals surface area (Å²) >= 11 is 0. The number of aliphatic carboxylic acids is 2. The van der Waals surface area contributed by atoms with Crippen molar-refractivity contribution in [1.29, 1.82) is 0 Å². The van der Waals surface area contributed by atoms with Crippen molar-refractivity contribution in [2.45, 2.75) is 49.8 Å². The number of alkyl halides is 6. The SMILES string of the molecule is Cn1ccnc1CN1CCCC2(CC(Nc3cccnc3)CO2)C1.O=C(O)C(F)(F)F.O=C(O)C(F)(F)F. The van der Waals surface area contributed by atoms with E-state index >= 15 is 0 Å². The van der Waals surface area contributed by atoms with Crippen LogP contribution in [-0.4, -0.2) is 85.3 Å². The molecule has 2 atom stereocenters. The van der Waals surface area contributed by atoms with Gasteiger partial charge in [0.25, 0.3) is 0 Å². The molecule has 10 nitrogen and oxygen atoms in total. The first-order valence-electron chi connectivity index (χ1n) is 11.2. The first-order valence-corrected chi connectivity index (χ1v) is 11.2. The smallest absolute Gasteiger partial charge is 0.475 e. The molecule has 2 aromatic rings. The molecular weight excluding hydrogens is 528 g/mol. The standard InChI is InChI=1S/C18H25N5O.2C2HF3O2/c1-22-9-7-20-17(22)12-23-8-3-5-18(14-23)10-16(13-24-18)21-15-4-2-6-19-11-15;2*3-2(4,5)1(6)7/h2,4,6-7,9,11,16,21H,3,5,8,10,12-14H2,1H3;2*(H,6,7). The molecule has 2 saturated heterocycles. The van der Waals surface area contributed by atoms with Crippen molar-refractivity contribution in [3.8, 4) is 0 Å². The van der Waals surface area contributed by atoms with Gasteiger partial charge >= 0.3 is 24.3 Å². The van der Waals surface area contributed by atoms with Crippen molar-refractivity contribution in [3.05, 3.63) is 42.7 Å². The normalized spacial score (nSPS) is 21.6. The minimum Gasteiger partial charge on any atom is -0.475 e. The van der Waals surface area contributed by atoms with E-state index in [1.807, 2.05) is 24.7 Å². The summed E-state index contributed by atoms with van der Waals surface area (Å²) in [6.45, 7) is 3.78. The number of aromatic nitrogens is 3. The number of rotatable bonds is 4. The van der Waals surface area contributed by atoms with Gasteiger partial charge in [-0.2, -0.15) is 26.3 Å². The van der Waals surface area contributed by atoms with E-state index in [0.29, 0.717) is 6.04 Å². The van der Waals surface area contributed by atoms with E-state index in [2.05, 4.69) is 37.9 Å². The van der Waals surface area contributed by atoms with Gasteiger partial charge in [0, 0.05) is 38.4 Å². The summed E-state index contributed by atoms with van der Waals surface area (Å²) in [5.74, 6) is -4.39. The Kier molecular flexibility index (Phi) is 10.5. The molecule has 212 valence electrons. The largest absolute Gasteiger partial charge is 0.490 e. The monoisotopic (exact) mass is 555 g/mol. The van der Waals surface area contributed by atoms with Gasteiger partial charge in [-0.15, -0.1) is 0 Å². The molecule has 0 aromatic carbocycles. The second-order valence-electron chi connectivity index (χ2n) is 8.66. The molecule has 3 N–H and O–H groups in total. The molecule has 2 aliphatic rings. The van der Waals surface area contributed by atoms with Gasteiger partial charge in [-0.05, 0) is 37.9 Å². The third-order valence-corrected chi connectivity index (χ3v) is 5.63. The summed E-state index contributed by atoms with van der Waals surface area (Å²) in [5, 5.41) is 17.8. The van der Waals surface area contributed by atoms with Crippen molar-refractivity contribution in [3.63, 3.8) is 0 Å². The molecule has 2 aliphatic heterocycles. The number of nitrogens with one attached hydrogen (secondary N) is 1. The Morgan fingerprint density at radius 1 is 1.16 bits per heavy atom. The number of halogens is 6. The number of carboxylic acids is 2. The van der Waals surface area contributed by atoms with Crippen LogP contribution >= 0.6 is 0 Å². The third-order valence-electron chi connectivity index (χ3n) is 5.63. The van der Waals surface area contributed by atoms with Crippen molar-refractivity contribution in [2.75, 3.05) is 25.0 Å². The number of likely N-dealkylation sites (tertiary alicyclic amines) is 1. The molecule has 0 aliphatic carbocycles. The second-order valence-corrected chi connectivity index (χ2v) is 8.66. The van der Waals surface area contributed by atoms with Crippen LogP contribution in [0.25, 0.3) is 0 Å². The fraction of sp³-hybridized carbons (Fsp3) is 0.545. The number of pyridine rings is 1. The topological polar surface area (TPSA) is 130 Å². The highest BCUT2D eigenvalue weighted by Crippen LogP contribution is 2.36. The molecule has 2 aromatic heterocycles. The number of carbonyl (C=O) groups is 2. The molecule has 0 radical (unpaired) electrons. The maximum Gasteiger partial charge on any atom is 0.490 e. The summed E-state index contributed by atoms with van der Waals surface area (Å²) in [7, 11) is 2.06. The lowest BCUT2D eigenvalue weighted by Crippen LogP contribution is -2.48. The maximum absolute atomic E-state index is 10.6. The van der Waals surface area contributed by atoms with Crippen molar-refractivity contribution in [2.24, 2.45) is 7.05 Å². The predicted molar refractivity (Wildman–Crippen MR) is 120 cm³/mol. The van der Waals surface area contributed by atoms with Gasteiger partial charge in [-0.1, -0.05) is 0 Å². The van der Waals surface area contributed by atoms with Crippen LogP contribution in [0.15, 0.2) is 36.9 Å². The lowest BCUT2D eigenvalue weighted by molar-refractivity contribution is -0.193. The summed E-state index contributed by atoms with van der Waals surface area (Å²) in [5.41, 5.74) is 1.06. The van der Waals surface area contributed by atoms with Crippen molar-refractivity contribution >= 4 is 17.6 Å². The zero-order chi connectivity index (χ0) is 28.6. The fourth-order valence-electron chi connectivity index (χ4n) is 3.98. The number of piperidine rings is 1. The van der Waals surface area contributed by atoms with Gasteiger partial charge in [-0.3, -0.25) is 9.88 Å². The zero-order valence-corrected chi connectivity index (χ0v) is 20.2. The molecule has 16 heteroatoms. The Hall–Kier alpha value is -3.40. The number of aryl methyl sites for hydroxylation is 1. The Morgan fingerprint density at radius 3 is 2.29 bits per heavy atom. The number of hydrogen-bond acceptors (Lipinski definition) is 7. The molecule has 38 heavy (non-hydrogen) atoms. The molecule has 4 heterocycles. The number of carboxylic acid groups (broad SMARTS) is 2. The van der Waals surface area contributed by atoms with Crippen LogP contribution in [0.2, 0.25) is 0 Å². The summed E-state index contributed by atoms with van der Waals surface area (Å²) < 4.78 is 71.9. The van der Waals surface area contributed by atoms with Crippen LogP contribution in [0.5, 0.6) is 0 Å². The summed E-state index contributed by atoms with van der Waals surface area (Å²) in [4.78, 5) is 28.9. The molecule has 0 saturated carbocycles. The number of hydrogen-bond donors (Lipinski definition) is 3. The Morgan fingerprint density at radius 2 is 1.79 bits per heavy atom. The molecule has 0 bridgehead atoms.